The summed E-state index contributed by atoms with van der Waals surface area (Å²) in [7, 11) is -2.62. The van der Waals surface area contributed by atoms with Crippen molar-refractivity contribution in [2.45, 2.75) is 0 Å². The van der Waals surface area contributed by atoms with E-state index in [9.17, 15) is 0 Å². The van der Waals surface area contributed by atoms with E-state index in [1.54, 1.807) is 0 Å². The molecule has 0 spiro atoms. The van der Waals surface area contributed by atoms with E-state index >= 15 is 0 Å². The Labute approximate surface area is 52.4 Å². The second kappa shape index (κ2) is 15.9. The van der Waals surface area contributed by atoms with Crippen molar-refractivity contribution in [1.29, 1.82) is 0 Å². The van der Waals surface area contributed by atoms with Gasteiger partial charge in [0.05, 0.1) is 0 Å². The Morgan fingerprint density at radius 2 is 0.857 bits per heavy atom. The molecule has 7 N–H and O–H groups in total. The molecule has 0 aromatic rings. The molecule has 7 heavy (non-hydrogen) atoms. The number of hydrogen-bond acceptors (Lipinski definition) is 3. The van der Waals surface area contributed by atoms with Crippen molar-refractivity contribution in [3.8, 4) is 0 Å². The first kappa shape index (κ1) is 25.1. The lowest BCUT2D eigenvalue weighted by Crippen LogP contribution is -1.54. The molecule has 48 valence electrons. The molecule has 0 heterocycles. The van der Waals surface area contributed by atoms with Crippen LogP contribution in [-0.4, -0.2) is 43.0 Å². The average Bonchev–Trinajstić information content (AvgIpc) is 0.811. The molecule has 7 heteroatoms. The van der Waals surface area contributed by atoms with Crippen molar-refractivity contribution in [3.05, 3.63) is 0 Å². The normalized spacial score (nSPS) is 5.14. The first-order valence-electron chi connectivity index (χ1n) is 0.600. The van der Waals surface area contributed by atoms with Crippen LogP contribution in [0.3, 0.4) is 0 Å². The van der Waals surface area contributed by atoms with Gasteiger partial charge in [-0.3, -0.25) is 0 Å². The molecule has 0 aromatic carbocycles. The molecule has 0 unspecified atom stereocenters. The van der Waals surface area contributed by atoms with Crippen LogP contribution in [0.4, 0.5) is 0 Å². The second-order valence-electron chi connectivity index (χ2n) is 0.268. The summed E-state index contributed by atoms with van der Waals surface area (Å²) in [6.07, 6.45) is 0. The Bertz CT molecular complexity index is 12.8. The monoisotopic (exact) mass is 148 g/mol. The van der Waals surface area contributed by atoms with Crippen molar-refractivity contribution in [2.75, 3.05) is 0 Å². The predicted molar refractivity (Wildman–Crippen MR) is 30.7 cm³/mol. The van der Waals surface area contributed by atoms with Gasteiger partial charge in [0, 0.05) is 0 Å². The van der Waals surface area contributed by atoms with Crippen molar-refractivity contribution in [1.82, 2.24) is 0 Å². The zero-order chi connectivity index (χ0) is 3.58. The van der Waals surface area contributed by atoms with E-state index in [0.717, 1.165) is 0 Å². The molecule has 0 aliphatic heterocycles. The standard InChI is InChI=1S/Al.H3O3P.2H2O.3H/c;1-4(2)3;;;;;/h;1-3H;2*1H2;;;. The van der Waals surface area contributed by atoms with Crippen LogP contribution in [0.1, 0.15) is 0 Å². The van der Waals surface area contributed by atoms with Crippen LogP contribution in [0, 0.1) is 0 Å². The molecule has 0 radical (unpaired) electrons. The largest absolute Gasteiger partial charge is 0.412 e. The minimum atomic E-state index is -2.62. The van der Waals surface area contributed by atoms with Crippen LogP contribution in [0.5, 0.6) is 0 Å². The van der Waals surface area contributed by atoms with Gasteiger partial charge in [-0.1, -0.05) is 0 Å². The lowest BCUT2D eigenvalue weighted by atomic mass is 15.8. The first-order valence-corrected chi connectivity index (χ1v) is 1.80. The summed E-state index contributed by atoms with van der Waals surface area (Å²) < 4.78 is 0. The minimum Gasteiger partial charge on any atom is -0.412 e. The molecule has 0 aromatic heterocycles. The second-order valence-corrected chi connectivity index (χ2v) is 0.805. The summed E-state index contributed by atoms with van der Waals surface area (Å²) in [4.78, 5) is 21.7. The summed E-state index contributed by atoms with van der Waals surface area (Å²) in [5.41, 5.74) is 0. The minimum absolute atomic E-state index is 0. The maximum atomic E-state index is 7.23. The molecule has 0 saturated carbocycles. The molecule has 0 atom stereocenters. The molecule has 0 saturated heterocycles. The van der Waals surface area contributed by atoms with E-state index < -0.39 is 8.60 Å². The zero-order valence-corrected chi connectivity index (χ0v) is 3.68. The lowest BCUT2D eigenvalue weighted by Gasteiger charge is -1.76. The molecule has 5 nitrogen and oxygen atoms in total. The third-order valence-corrected chi connectivity index (χ3v) is 0. The number of rotatable bonds is 0. The molecule has 0 rings (SSSR count). The maximum Gasteiger partial charge on any atom is 0.324 e. The quantitative estimate of drug-likeness (QED) is 0.242. The van der Waals surface area contributed by atoms with Crippen LogP contribution in [0.15, 0.2) is 0 Å². The highest BCUT2D eigenvalue weighted by Gasteiger charge is 1.76. The molecule has 0 aliphatic carbocycles. The van der Waals surface area contributed by atoms with Crippen molar-refractivity contribution < 1.29 is 25.6 Å². The van der Waals surface area contributed by atoms with Crippen LogP contribution >= 0.6 is 8.60 Å². The Morgan fingerprint density at radius 1 is 0.857 bits per heavy atom. The topological polar surface area (TPSA) is 124 Å². The predicted octanol–water partition coefficient (Wildman–Crippen LogP) is -3.64. The van der Waals surface area contributed by atoms with E-state index in [4.69, 9.17) is 14.7 Å². The van der Waals surface area contributed by atoms with Crippen molar-refractivity contribution >= 4 is 26.0 Å². The third kappa shape index (κ3) is 264. The van der Waals surface area contributed by atoms with Gasteiger partial charge in [0.1, 0.15) is 0 Å². The third-order valence-electron chi connectivity index (χ3n) is 0. The first-order chi connectivity index (χ1) is 1.73. The lowest BCUT2D eigenvalue weighted by molar-refractivity contribution is 0.368. The SMILES string of the molecule is O.O.OP(O)O.[AlH3]. The van der Waals surface area contributed by atoms with Gasteiger partial charge in [-0.15, -0.1) is 0 Å². The smallest absolute Gasteiger partial charge is 0.324 e. The van der Waals surface area contributed by atoms with Crippen LogP contribution < -0.4 is 0 Å². The zero-order valence-electron chi connectivity index (χ0n) is 2.79. The molecule has 0 bridgehead atoms. The average molecular weight is 148 g/mol. The Morgan fingerprint density at radius 3 is 0.857 bits per heavy atom. The summed E-state index contributed by atoms with van der Waals surface area (Å²) in [6, 6.07) is 0. The van der Waals surface area contributed by atoms with Gasteiger partial charge in [-0.25, -0.2) is 0 Å². The highest BCUT2D eigenvalue weighted by Crippen LogP contribution is 2.11. The van der Waals surface area contributed by atoms with Gasteiger partial charge in [0.2, 0.25) is 0 Å². The van der Waals surface area contributed by atoms with Crippen LogP contribution in [0.2, 0.25) is 0 Å². The summed E-state index contributed by atoms with van der Waals surface area (Å²) in [5.74, 6) is 0. The summed E-state index contributed by atoms with van der Waals surface area (Å²) >= 11 is 0. The summed E-state index contributed by atoms with van der Waals surface area (Å²) in [6.45, 7) is 0. The molecule has 0 aliphatic rings. The Hall–Kier alpha value is 0.762. The van der Waals surface area contributed by atoms with Gasteiger partial charge in [-0.2, -0.15) is 0 Å². The van der Waals surface area contributed by atoms with E-state index in [2.05, 4.69) is 0 Å². The molecule has 0 amide bonds. The van der Waals surface area contributed by atoms with Gasteiger partial charge < -0.3 is 25.6 Å². The van der Waals surface area contributed by atoms with E-state index in [-0.39, 0.29) is 28.3 Å². The highest BCUT2D eigenvalue weighted by molar-refractivity contribution is 7.38. The number of hydrogen-bond donors (Lipinski definition) is 3. The molecular weight excluding hydrogens is 138 g/mol. The fraction of sp³-hybridized carbons (Fsp3) is 0. The van der Waals surface area contributed by atoms with Gasteiger partial charge >= 0.3 is 8.60 Å². The Kier molecular flexibility index (Phi) is 56.8. The van der Waals surface area contributed by atoms with Gasteiger partial charge in [0.15, 0.2) is 17.4 Å². The van der Waals surface area contributed by atoms with Crippen LogP contribution in [-0.2, 0) is 0 Å². The fourth-order valence-electron chi connectivity index (χ4n) is 0. The van der Waals surface area contributed by atoms with Gasteiger partial charge in [-0.05, 0) is 0 Å². The summed E-state index contributed by atoms with van der Waals surface area (Å²) in [5, 5.41) is 0. The maximum absolute atomic E-state index is 7.23. The van der Waals surface area contributed by atoms with Crippen molar-refractivity contribution in [2.24, 2.45) is 0 Å². The van der Waals surface area contributed by atoms with Crippen molar-refractivity contribution in [3.63, 3.8) is 0 Å². The van der Waals surface area contributed by atoms with E-state index in [0.29, 0.717) is 0 Å². The van der Waals surface area contributed by atoms with Gasteiger partial charge in [0.25, 0.3) is 0 Å². The highest BCUT2D eigenvalue weighted by atomic mass is 31.2. The van der Waals surface area contributed by atoms with E-state index in [1.165, 1.54) is 0 Å². The van der Waals surface area contributed by atoms with E-state index in [1.807, 2.05) is 0 Å². The molecule has 0 fully saturated rings. The fourth-order valence-corrected chi connectivity index (χ4v) is 0. The van der Waals surface area contributed by atoms with Crippen LogP contribution in [0.25, 0.3) is 0 Å². The Balaban J connectivity index is -0.0000000150. The molecular formula is H10AlO5P.